The average molecular weight is 1270 g/mol. The van der Waals surface area contributed by atoms with Gasteiger partial charge in [0.25, 0.3) is 5.91 Å². The quantitative estimate of drug-likeness (QED) is 0.0261. The number of ether oxygens (including phenoxy) is 3. The summed E-state index contributed by atoms with van der Waals surface area (Å²) in [5, 5.41) is -0.0852. The maximum atomic E-state index is 15.2. The molecule has 0 spiro atoms. The molecule has 0 N–H and O–H groups in total. The number of aryl methyl sites for hydroxylation is 1. The highest BCUT2D eigenvalue weighted by molar-refractivity contribution is 8.07. The first-order valence-corrected chi connectivity index (χ1v) is 38.5. The molecule has 22 nitrogen and oxygen atoms in total. The second-order valence-corrected chi connectivity index (χ2v) is 39.3. The van der Waals surface area contributed by atoms with Crippen LogP contribution in [0.2, 0.25) is 41.4 Å². The van der Waals surface area contributed by atoms with Gasteiger partial charge >= 0.3 is 12.7 Å². The summed E-state index contributed by atoms with van der Waals surface area (Å²) in [6.07, 6.45) is -3.04. The minimum absolute atomic E-state index is 0.0353. The molecule has 0 radical (unpaired) electrons. The van der Waals surface area contributed by atoms with Crippen molar-refractivity contribution >= 4 is 105 Å². The van der Waals surface area contributed by atoms with Gasteiger partial charge in [0, 0.05) is 18.3 Å². The lowest BCUT2D eigenvalue weighted by atomic mass is 10.1. The molecular weight excluding hydrogens is 1200 g/mol. The van der Waals surface area contributed by atoms with Crippen molar-refractivity contribution in [1.29, 1.82) is 0 Å². The van der Waals surface area contributed by atoms with Gasteiger partial charge in [-0.3, -0.25) is 18.8 Å². The Morgan fingerprint density at radius 2 is 1.47 bits per heavy atom. The smallest absolute Gasteiger partial charge is 0.338 e. The first-order valence-electron chi connectivity index (χ1n) is 27.2. The van der Waals surface area contributed by atoms with Crippen LogP contribution in [0.5, 0.6) is 0 Å². The van der Waals surface area contributed by atoms with Gasteiger partial charge in [-0.1, -0.05) is 101 Å². The summed E-state index contributed by atoms with van der Waals surface area (Å²) >= 11 is 19.1. The lowest BCUT2D eigenvalue weighted by molar-refractivity contribution is -0.217. The Kier molecular flexibility index (Phi) is 17.9. The van der Waals surface area contributed by atoms with Gasteiger partial charge in [-0.25, -0.2) is 36.3 Å². The fourth-order valence-electron chi connectivity index (χ4n) is 9.79. The van der Waals surface area contributed by atoms with Crippen LogP contribution >= 0.6 is 25.0 Å². The van der Waals surface area contributed by atoms with Gasteiger partial charge in [-0.05, 0) is 90.7 Å². The third kappa shape index (κ3) is 12.9. The van der Waals surface area contributed by atoms with E-state index in [1.807, 2.05) is 29.0 Å². The molecule has 3 fully saturated rings. The van der Waals surface area contributed by atoms with Crippen molar-refractivity contribution in [3.63, 3.8) is 0 Å². The van der Waals surface area contributed by atoms with Crippen molar-refractivity contribution in [1.82, 2.24) is 34.1 Å². The molecule has 8 heterocycles. The molecule has 2 aromatic carbocycles. The van der Waals surface area contributed by atoms with Crippen LogP contribution in [0, 0.1) is 6.57 Å². The zero-order valence-electron chi connectivity index (χ0n) is 47.7. The summed E-state index contributed by atoms with van der Waals surface area (Å²) in [4.78, 5) is 70.9. The first kappa shape index (κ1) is 61.7. The van der Waals surface area contributed by atoms with E-state index in [2.05, 4.69) is 82.5 Å². The van der Waals surface area contributed by atoms with Gasteiger partial charge < -0.3 is 55.5 Å². The Balaban J connectivity index is 1.06. The Labute approximate surface area is 499 Å². The fraction of sp³-hybridized carbons (Fsp3) is 0.519. The predicted octanol–water partition coefficient (Wildman–Crippen LogP) is 10.0. The minimum atomic E-state index is -4.59. The predicted molar refractivity (Wildman–Crippen MR) is 319 cm³/mol. The summed E-state index contributed by atoms with van der Waals surface area (Å²) in [6.45, 7) is 18.8. The van der Waals surface area contributed by atoms with E-state index in [1.165, 1.54) is 12.7 Å². The SMILES string of the molecule is [C-]#[N+]CCOP1(=S)OC[C@H]2O[C@@H](n3cc4c5c(ncnc53)N(C(=O)c3ccccc3)CCC4)[C@H](O[Si](C)(C)C(C)(C)C)[C@@H]2OP([O-])(=S)OC[C@H]2O[C@@H](n3cnc4c(Cl)nc(COC(=O)c5ccccc5)nc43)[C@H](O1)[C@@H]2O[Si](C)(C)C(C)(C)C. The molecule has 0 saturated carbocycles. The number of nitrogens with zero attached hydrogens (tertiary/aromatic N) is 9. The molecule has 10 atom stereocenters. The molecule has 4 aliphatic rings. The van der Waals surface area contributed by atoms with Crippen molar-refractivity contribution in [2.45, 2.75) is 146 Å². The summed E-state index contributed by atoms with van der Waals surface area (Å²) in [6, 6.07) is 17.5. The van der Waals surface area contributed by atoms with Crippen LogP contribution in [-0.4, -0.2) is 132 Å². The minimum Gasteiger partial charge on any atom is -0.780 e. The third-order valence-electron chi connectivity index (χ3n) is 16.1. The lowest BCUT2D eigenvalue weighted by Crippen LogP contribution is -2.50. The standard InChI is InChI=1S/C54H68ClN9O13P2S2Si2/c1-53(2,3)82(8,9)76-42-37-28-70-78(67,80)74-41-36(72-51(44(41)77-83(10,11)54(4,5)6)63-27-35-23-18-25-62(46-39(35)47(63)58-31-57-46)49(65)33-19-14-12-15-20-33)29-71-79(81,69-26-24-56-7)75-43(42)50(73-37)64-32-59-40-45(55)60-38(61-48(40)64)30-68-52(66)34-21-16-13-17-22-34/h12-17,19-22,27,31-32,36-37,41-44,50-51H,18,23-26,28-30H2,1-6,8-11H3,(H,67,80)/p-1/t36-,37-,41-,42-,43-,44-,50-,51-,78?,79?/m1/s1. The number of carbonyl (C=O) groups is 2. The van der Waals surface area contributed by atoms with E-state index < -0.39 is 98.3 Å². The molecule has 6 aromatic rings. The number of benzene rings is 2. The maximum Gasteiger partial charge on any atom is 0.338 e. The molecule has 4 aliphatic heterocycles. The summed E-state index contributed by atoms with van der Waals surface area (Å²) < 4.78 is 70.9. The molecule has 4 aromatic heterocycles. The van der Waals surface area contributed by atoms with E-state index in [-0.39, 0.29) is 57.9 Å². The largest absolute Gasteiger partial charge is 0.780 e. The summed E-state index contributed by atoms with van der Waals surface area (Å²) in [5.74, 6) is -0.294. The second-order valence-electron chi connectivity index (χ2n) is 23.7. The molecular formula is C54H67ClN9O13P2S2Si2-. The average Bonchev–Trinajstić information content (AvgIpc) is 2.18. The van der Waals surface area contributed by atoms with Crippen LogP contribution in [0.4, 0.5) is 5.82 Å². The molecule has 1 amide bonds. The van der Waals surface area contributed by atoms with Crippen LogP contribution in [0.1, 0.15) is 92.5 Å². The van der Waals surface area contributed by atoms with Crippen molar-refractivity contribution in [3.05, 3.63) is 119 Å². The molecule has 10 rings (SSSR count). The number of hydrogen-bond donors (Lipinski definition) is 0. The number of rotatable bonds is 13. The number of esters is 1. The van der Waals surface area contributed by atoms with Gasteiger partial charge in [-0.15, -0.1) is 0 Å². The van der Waals surface area contributed by atoms with E-state index in [1.54, 1.807) is 51.9 Å². The van der Waals surface area contributed by atoms with Crippen molar-refractivity contribution in [2.75, 3.05) is 37.8 Å². The van der Waals surface area contributed by atoms with E-state index in [0.717, 1.165) is 5.56 Å². The maximum absolute atomic E-state index is 15.2. The van der Waals surface area contributed by atoms with Crippen molar-refractivity contribution in [3.8, 4) is 0 Å². The highest BCUT2D eigenvalue weighted by atomic mass is 35.5. The zero-order chi connectivity index (χ0) is 59.4. The van der Waals surface area contributed by atoms with E-state index in [9.17, 15) is 9.59 Å². The molecule has 2 unspecified atom stereocenters. The number of amides is 1. The molecule has 0 aliphatic carbocycles. The highest BCUT2D eigenvalue weighted by Crippen LogP contribution is 2.58. The molecule has 3 saturated heterocycles. The van der Waals surface area contributed by atoms with Crippen LogP contribution < -0.4 is 9.79 Å². The lowest BCUT2D eigenvalue weighted by Gasteiger charge is -2.42. The Hall–Kier alpha value is -4.34. The Morgan fingerprint density at radius 1 is 0.819 bits per heavy atom. The normalized spacial score (nSPS) is 27.3. The Morgan fingerprint density at radius 3 is 2.14 bits per heavy atom. The number of imidazole rings is 1. The Bertz CT molecular complexity index is 3530. The first-order chi connectivity index (χ1) is 39.2. The van der Waals surface area contributed by atoms with Gasteiger partial charge in [0.1, 0.15) is 73.3 Å². The van der Waals surface area contributed by atoms with E-state index in [4.69, 9.17) is 102 Å². The van der Waals surface area contributed by atoms with Crippen LogP contribution in [-0.2, 0) is 82.3 Å². The fourth-order valence-corrected chi connectivity index (χ4v) is 16.1. The third-order valence-corrected chi connectivity index (χ3v) is 29.2. The van der Waals surface area contributed by atoms with Gasteiger partial charge in [-0.2, -0.15) is 0 Å². The monoisotopic (exact) mass is 1270 g/mol. The number of fused-ring (bicyclic) bond motifs is 4. The number of aromatic nitrogens is 7. The topological polar surface area (TPSA) is 231 Å². The molecule has 83 heavy (non-hydrogen) atoms. The molecule has 444 valence electrons. The summed E-state index contributed by atoms with van der Waals surface area (Å²) in [5.41, 5.74) is 2.54. The molecule has 29 heteroatoms. The van der Waals surface area contributed by atoms with Crippen LogP contribution in [0.3, 0.4) is 0 Å². The van der Waals surface area contributed by atoms with Gasteiger partial charge in [0.2, 0.25) is 6.54 Å². The number of anilines is 1. The number of hydrogen-bond acceptors (Lipinski definition) is 20. The zero-order valence-corrected chi connectivity index (χ0v) is 53.9. The van der Waals surface area contributed by atoms with Crippen molar-refractivity contribution < 1.29 is 60.2 Å². The van der Waals surface area contributed by atoms with E-state index in [0.29, 0.717) is 47.4 Å². The summed E-state index contributed by atoms with van der Waals surface area (Å²) in [7, 11) is -5.62. The van der Waals surface area contributed by atoms with Gasteiger partial charge in [0.15, 0.2) is 52.3 Å². The van der Waals surface area contributed by atoms with Gasteiger partial charge in [0.05, 0.1) is 30.5 Å². The second kappa shape index (κ2) is 24.1. The van der Waals surface area contributed by atoms with Crippen molar-refractivity contribution in [2.24, 2.45) is 0 Å². The highest BCUT2D eigenvalue weighted by Gasteiger charge is 2.57. The number of halogens is 1. The van der Waals surface area contributed by atoms with Crippen LogP contribution in [0.25, 0.3) is 27.0 Å². The van der Waals surface area contributed by atoms with Crippen LogP contribution in [0.15, 0.2) is 79.5 Å². The number of carbonyl (C=O) groups excluding carboxylic acids is 2. The molecule has 2 bridgehead atoms. The van der Waals surface area contributed by atoms with E-state index >= 15 is 4.89 Å².